The van der Waals surface area contributed by atoms with Gasteiger partial charge in [0.2, 0.25) is 0 Å². The quantitative estimate of drug-likeness (QED) is 0.199. The Balaban J connectivity index is -0.0000000206. The van der Waals surface area contributed by atoms with Crippen molar-refractivity contribution in [1.82, 2.24) is 12.3 Å². The first-order chi connectivity index (χ1) is 6.00. The summed E-state index contributed by atoms with van der Waals surface area (Å²) in [5.74, 6) is 0. The van der Waals surface area contributed by atoms with E-state index in [1.54, 1.807) is 0 Å². The van der Waals surface area contributed by atoms with Crippen molar-refractivity contribution < 1.29 is 86.7 Å². The Kier molecular flexibility index (Phi) is 37.4. The average Bonchev–Trinajstić information content (AvgIpc) is 1.41. The van der Waals surface area contributed by atoms with Gasteiger partial charge >= 0.3 is 34.1 Å². The fraction of sp³-hybridized carbons (Fsp3) is 0. The normalized spacial score (nSPS) is 9.16. The molecular formula is Fe2N2O12S3. The summed E-state index contributed by atoms with van der Waals surface area (Å²) >= 11 is 0. The van der Waals surface area contributed by atoms with Crippen LogP contribution in [-0.2, 0) is 65.3 Å². The van der Waals surface area contributed by atoms with Crippen LogP contribution in [0.15, 0.2) is 0 Å². The zero-order chi connectivity index (χ0) is 13.5. The summed E-state index contributed by atoms with van der Waals surface area (Å²) in [6.07, 6.45) is 0. The van der Waals surface area contributed by atoms with Crippen LogP contribution in [-0.4, -0.2) is 52.6 Å². The number of rotatable bonds is 0. The van der Waals surface area contributed by atoms with Gasteiger partial charge < -0.3 is 27.3 Å². The number of nitrogens with zero attached hydrogens (tertiary/aromatic N) is 2. The third kappa shape index (κ3) is 15700. The van der Waals surface area contributed by atoms with Crippen LogP contribution in [0.3, 0.4) is 0 Å². The van der Waals surface area contributed by atoms with Gasteiger partial charge in [-0.25, -0.2) is 0 Å². The molecule has 0 aliphatic heterocycles. The van der Waals surface area contributed by atoms with Crippen molar-refractivity contribution in [2.45, 2.75) is 0 Å². The van der Waals surface area contributed by atoms with Gasteiger partial charge in [-0.1, -0.05) is 0 Å². The molecule has 0 aromatic rings. The fourth-order valence-electron chi connectivity index (χ4n) is 0. The SMILES string of the molecule is O=S(=O)([O-])[O-].O=S(=O)([O-])[O-].O=S(=O)([O-])[O-].[Fe+3].[Fe+3].[N].[N]. The van der Waals surface area contributed by atoms with Gasteiger partial charge in [0.25, 0.3) is 0 Å². The number of hydrogen-bond donors (Lipinski definition) is 0. The van der Waals surface area contributed by atoms with Crippen molar-refractivity contribution in [3.8, 4) is 0 Å². The summed E-state index contributed by atoms with van der Waals surface area (Å²) in [6.45, 7) is 0. The molecule has 19 heavy (non-hydrogen) atoms. The standard InChI is InChI=1S/2Fe.2N.3H2O4S/c;;;;3*1-5(2,3)4/h;;;;3*(H2,1,2,3,4)/q2*+3;;;;;/p-6. The minimum Gasteiger partial charge on any atom is -0.759 e. The van der Waals surface area contributed by atoms with Gasteiger partial charge in [-0.3, -0.25) is 25.3 Å². The maximum absolute atomic E-state index is 8.52. The monoisotopic (exact) mass is 428 g/mol. The van der Waals surface area contributed by atoms with Crippen LogP contribution in [0.25, 0.3) is 0 Å². The molecule has 0 saturated heterocycles. The van der Waals surface area contributed by atoms with Gasteiger partial charge in [0, 0.05) is 43.5 Å². The van der Waals surface area contributed by atoms with Gasteiger partial charge in [0.05, 0.1) is 0 Å². The minimum absolute atomic E-state index is 0. The van der Waals surface area contributed by atoms with Crippen LogP contribution in [0, 0.1) is 0 Å². The maximum atomic E-state index is 8.52. The van der Waals surface area contributed by atoms with Crippen LogP contribution < -0.4 is 12.3 Å². The smallest absolute Gasteiger partial charge is 0.759 e. The second-order valence-corrected chi connectivity index (χ2v) is 3.67. The Morgan fingerprint density at radius 2 is 0.421 bits per heavy atom. The van der Waals surface area contributed by atoms with Gasteiger partial charge in [-0.05, 0) is 0 Å². The van der Waals surface area contributed by atoms with Crippen molar-refractivity contribution in [3.63, 3.8) is 0 Å². The van der Waals surface area contributed by atoms with Crippen LogP contribution in [0.5, 0.6) is 0 Å². The van der Waals surface area contributed by atoms with Gasteiger partial charge in [-0.2, -0.15) is 0 Å². The Labute approximate surface area is 130 Å². The molecule has 0 heterocycles. The molecule has 0 N–H and O–H groups in total. The van der Waals surface area contributed by atoms with E-state index in [1.807, 2.05) is 0 Å². The summed E-state index contributed by atoms with van der Waals surface area (Å²) in [7, 11) is -15.5. The Bertz CT molecular complexity index is 350. The molecule has 0 bridgehead atoms. The summed E-state index contributed by atoms with van der Waals surface area (Å²) in [5, 5.41) is 0. The van der Waals surface area contributed by atoms with E-state index < -0.39 is 31.2 Å². The van der Waals surface area contributed by atoms with E-state index in [0.29, 0.717) is 0 Å². The number of hydrogen-bond acceptors (Lipinski definition) is 12. The zero-order valence-corrected chi connectivity index (χ0v) is 12.4. The summed E-state index contributed by atoms with van der Waals surface area (Å²) < 4.78 is 102. The zero-order valence-electron chi connectivity index (χ0n) is 7.73. The molecule has 0 amide bonds. The van der Waals surface area contributed by atoms with E-state index in [4.69, 9.17) is 52.6 Å². The largest absolute Gasteiger partial charge is 3.00 e. The molecule has 0 rings (SSSR count). The van der Waals surface area contributed by atoms with Crippen molar-refractivity contribution >= 4 is 31.2 Å². The molecular weight excluding hydrogens is 428 g/mol. The molecule has 0 aromatic carbocycles. The van der Waals surface area contributed by atoms with Gasteiger partial charge in [-0.15, -0.1) is 0 Å². The molecule has 0 fully saturated rings. The van der Waals surface area contributed by atoms with Crippen molar-refractivity contribution in [1.29, 1.82) is 0 Å². The first kappa shape index (κ1) is 42.7. The van der Waals surface area contributed by atoms with Gasteiger partial charge in [0.1, 0.15) is 0 Å². The average molecular weight is 428 g/mol. The van der Waals surface area contributed by atoms with Crippen LogP contribution in [0.2, 0.25) is 0 Å². The van der Waals surface area contributed by atoms with Crippen molar-refractivity contribution in [2.75, 3.05) is 0 Å². The van der Waals surface area contributed by atoms with Crippen molar-refractivity contribution in [2.24, 2.45) is 0 Å². The fourth-order valence-corrected chi connectivity index (χ4v) is 0. The molecule has 0 atom stereocenters. The predicted octanol–water partition coefficient (Wildman–Crippen LogP) is -4.98. The third-order valence-electron chi connectivity index (χ3n) is 0. The van der Waals surface area contributed by atoms with Crippen LogP contribution in [0.4, 0.5) is 0 Å². The summed E-state index contributed by atoms with van der Waals surface area (Å²) in [4.78, 5) is 0. The minimum atomic E-state index is -5.17. The molecule has 0 aromatic heterocycles. The second-order valence-electron chi connectivity index (χ2n) is 1.22. The van der Waals surface area contributed by atoms with Crippen LogP contribution >= 0.6 is 0 Å². The molecule has 0 saturated carbocycles. The summed E-state index contributed by atoms with van der Waals surface area (Å²) in [5.41, 5.74) is 0. The molecule has 19 heteroatoms. The molecule has 8 radical (unpaired) electrons. The Morgan fingerprint density at radius 1 is 0.421 bits per heavy atom. The molecule has 0 unspecified atom stereocenters. The predicted molar refractivity (Wildman–Crippen MR) is 35.7 cm³/mol. The van der Waals surface area contributed by atoms with Gasteiger partial charge in [0.15, 0.2) is 0 Å². The maximum Gasteiger partial charge on any atom is 3.00 e. The molecule has 0 aliphatic carbocycles. The van der Waals surface area contributed by atoms with E-state index in [9.17, 15) is 0 Å². The second kappa shape index (κ2) is 16.6. The third-order valence-corrected chi connectivity index (χ3v) is 0. The first-order valence-electron chi connectivity index (χ1n) is 2.00. The topological polar surface area (TPSA) is 302 Å². The first-order valence-corrected chi connectivity index (χ1v) is 6.00. The molecule has 116 valence electrons. The molecule has 0 aliphatic rings. The summed E-state index contributed by atoms with van der Waals surface area (Å²) in [6, 6.07) is 0. The van der Waals surface area contributed by atoms with E-state index in [1.165, 1.54) is 0 Å². The van der Waals surface area contributed by atoms with Crippen LogP contribution in [0.1, 0.15) is 0 Å². The van der Waals surface area contributed by atoms with E-state index >= 15 is 0 Å². The van der Waals surface area contributed by atoms with E-state index in [2.05, 4.69) is 0 Å². The Morgan fingerprint density at radius 3 is 0.421 bits per heavy atom. The molecule has 14 nitrogen and oxygen atoms in total. The van der Waals surface area contributed by atoms with Crippen molar-refractivity contribution in [3.05, 3.63) is 0 Å². The van der Waals surface area contributed by atoms with E-state index in [0.717, 1.165) is 0 Å². The van der Waals surface area contributed by atoms with E-state index in [-0.39, 0.29) is 46.4 Å². The molecule has 0 spiro atoms. The Hall–Kier alpha value is 0.569.